The van der Waals surface area contributed by atoms with E-state index in [0.717, 1.165) is 6.07 Å². The van der Waals surface area contributed by atoms with Gasteiger partial charge >= 0.3 is 11.5 Å². The minimum absolute atomic E-state index is 0.00218. The van der Waals surface area contributed by atoms with Gasteiger partial charge in [-0.15, -0.1) is 0 Å². The number of rotatable bonds is 3. The van der Waals surface area contributed by atoms with Crippen LogP contribution in [0.4, 0.5) is 17.6 Å². The molecule has 0 bridgehead atoms. The van der Waals surface area contributed by atoms with E-state index >= 15 is 0 Å². The van der Waals surface area contributed by atoms with Crippen LogP contribution in [0.2, 0.25) is 0 Å². The van der Waals surface area contributed by atoms with Crippen LogP contribution in [-0.2, 0) is 4.74 Å². The van der Waals surface area contributed by atoms with Crippen LogP contribution in [0.5, 0.6) is 0 Å². The van der Waals surface area contributed by atoms with Crippen molar-refractivity contribution in [3.8, 4) is 6.07 Å². The highest BCUT2D eigenvalue weighted by atomic mass is 32.2. The average molecular weight is 293 g/mol. The first-order chi connectivity index (χ1) is 8.78. The zero-order valence-electron chi connectivity index (χ0n) is 9.55. The molecule has 0 spiro atoms. The smallest absolute Gasteiger partial charge is 0.446 e. The summed E-state index contributed by atoms with van der Waals surface area (Å²) >= 11 is -0.655. The number of esters is 1. The third-order valence-corrected chi connectivity index (χ3v) is 2.68. The number of benzene rings is 1. The Hall–Kier alpha value is -1.75. The van der Waals surface area contributed by atoms with Gasteiger partial charge in [-0.3, -0.25) is 0 Å². The Labute approximate surface area is 110 Å². The quantitative estimate of drug-likeness (QED) is 0.486. The van der Waals surface area contributed by atoms with Gasteiger partial charge in [-0.1, -0.05) is 0 Å². The molecule has 0 unspecified atom stereocenters. The molecule has 1 rings (SSSR count). The van der Waals surface area contributed by atoms with Crippen LogP contribution in [0.1, 0.15) is 22.8 Å². The zero-order valence-corrected chi connectivity index (χ0v) is 10.4. The summed E-state index contributed by atoms with van der Waals surface area (Å²) < 4.78 is 54.9. The normalized spacial score (nSPS) is 10.9. The van der Waals surface area contributed by atoms with E-state index in [9.17, 15) is 22.4 Å². The molecular formula is C11H7F4NO2S. The van der Waals surface area contributed by atoms with Crippen molar-refractivity contribution in [2.24, 2.45) is 0 Å². The molecule has 3 nitrogen and oxygen atoms in total. The third kappa shape index (κ3) is 4.13. The summed E-state index contributed by atoms with van der Waals surface area (Å²) in [6.45, 7) is 1.51. The molecule has 0 aromatic heterocycles. The lowest BCUT2D eigenvalue weighted by molar-refractivity contribution is -0.0328. The molecule has 8 heteroatoms. The van der Waals surface area contributed by atoms with E-state index in [1.54, 1.807) is 0 Å². The number of carbonyl (C=O) groups is 1. The second-order valence-corrected chi connectivity index (χ2v) is 4.32. The molecule has 0 saturated heterocycles. The fraction of sp³-hybridized carbons (Fsp3) is 0.273. The van der Waals surface area contributed by atoms with Gasteiger partial charge in [-0.2, -0.15) is 18.4 Å². The third-order valence-electron chi connectivity index (χ3n) is 1.90. The van der Waals surface area contributed by atoms with Gasteiger partial charge in [0.2, 0.25) is 0 Å². The maximum Gasteiger partial charge on any atom is 0.446 e. The number of nitriles is 1. The molecule has 1 aromatic rings. The molecule has 0 radical (unpaired) electrons. The van der Waals surface area contributed by atoms with Gasteiger partial charge in [-0.25, -0.2) is 9.18 Å². The second-order valence-electron chi connectivity index (χ2n) is 3.21. The number of hydrogen-bond donors (Lipinski definition) is 0. The van der Waals surface area contributed by atoms with Crippen molar-refractivity contribution in [2.45, 2.75) is 17.3 Å². The first-order valence-corrected chi connectivity index (χ1v) is 5.76. The Balaban J connectivity index is 3.27. The number of nitrogens with zero attached hydrogens (tertiary/aromatic N) is 1. The molecule has 0 heterocycles. The highest BCUT2D eigenvalue weighted by Crippen LogP contribution is 2.39. The highest BCUT2D eigenvalue weighted by Gasteiger charge is 2.32. The molecule has 102 valence electrons. The molecule has 0 aliphatic heterocycles. The largest absolute Gasteiger partial charge is 0.462 e. The van der Waals surface area contributed by atoms with E-state index in [4.69, 9.17) is 5.26 Å². The van der Waals surface area contributed by atoms with E-state index in [2.05, 4.69) is 4.74 Å². The SMILES string of the molecule is CCOC(=O)c1cc(F)c(C#N)c(SC(F)(F)F)c1. The number of ether oxygens (including phenoxy) is 1. The maximum absolute atomic E-state index is 13.5. The highest BCUT2D eigenvalue weighted by molar-refractivity contribution is 8.00. The number of alkyl halides is 3. The molecule has 0 aliphatic carbocycles. The van der Waals surface area contributed by atoms with E-state index in [1.807, 2.05) is 0 Å². The summed E-state index contributed by atoms with van der Waals surface area (Å²) in [7, 11) is 0. The van der Waals surface area contributed by atoms with E-state index in [0.29, 0.717) is 6.07 Å². The Kier molecular flexibility index (Phi) is 4.78. The van der Waals surface area contributed by atoms with Crippen LogP contribution in [0.15, 0.2) is 17.0 Å². The zero-order chi connectivity index (χ0) is 14.6. The lowest BCUT2D eigenvalue weighted by Gasteiger charge is -2.10. The van der Waals surface area contributed by atoms with Crippen LogP contribution in [-0.4, -0.2) is 18.1 Å². The van der Waals surface area contributed by atoms with Crippen molar-refractivity contribution in [3.05, 3.63) is 29.1 Å². The van der Waals surface area contributed by atoms with Gasteiger partial charge in [-0.05, 0) is 30.8 Å². The topological polar surface area (TPSA) is 50.1 Å². The molecular weight excluding hydrogens is 286 g/mol. The number of thioether (sulfide) groups is 1. The predicted molar refractivity (Wildman–Crippen MR) is 59.0 cm³/mol. The first-order valence-electron chi connectivity index (χ1n) is 4.95. The van der Waals surface area contributed by atoms with E-state index in [-0.39, 0.29) is 12.2 Å². The molecule has 0 atom stereocenters. The lowest BCUT2D eigenvalue weighted by Crippen LogP contribution is -2.08. The first kappa shape index (κ1) is 15.3. The number of halogens is 4. The van der Waals surface area contributed by atoms with Crippen molar-refractivity contribution in [2.75, 3.05) is 6.61 Å². The van der Waals surface area contributed by atoms with Crippen molar-refractivity contribution < 1.29 is 27.1 Å². The molecule has 0 amide bonds. The summed E-state index contributed by atoms with van der Waals surface area (Å²) in [5, 5.41) is 8.64. The summed E-state index contributed by atoms with van der Waals surface area (Å²) in [4.78, 5) is 10.7. The summed E-state index contributed by atoms with van der Waals surface area (Å²) in [5.41, 5.74) is -5.81. The van der Waals surface area contributed by atoms with Crippen molar-refractivity contribution in [1.29, 1.82) is 5.26 Å². The van der Waals surface area contributed by atoms with E-state index in [1.165, 1.54) is 13.0 Å². The molecule has 0 aliphatic rings. The number of hydrogen-bond acceptors (Lipinski definition) is 4. The molecule has 0 fully saturated rings. The Morgan fingerprint density at radius 3 is 2.58 bits per heavy atom. The van der Waals surface area contributed by atoms with Crippen LogP contribution < -0.4 is 0 Å². The van der Waals surface area contributed by atoms with Crippen LogP contribution in [0.25, 0.3) is 0 Å². The van der Waals surface area contributed by atoms with Crippen molar-refractivity contribution in [3.63, 3.8) is 0 Å². The lowest BCUT2D eigenvalue weighted by atomic mass is 10.1. The van der Waals surface area contributed by atoms with Gasteiger partial charge < -0.3 is 4.74 Å². The van der Waals surface area contributed by atoms with Crippen LogP contribution >= 0.6 is 11.8 Å². The summed E-state index contributed by atoms with van der Waals surface area (Å²) in [5.74, 6) is -2.14. The maximum atomic E-state index is 13.5. The van der Waals surface area contributed by atoms with Gasteiger partial charge in [0.25, 0.3) is 0 Å². The fourth-order valence-corrected chi connectivity index (χ4v) is 1.91. The second kappa shape index (κ2) is 5.93. The van der Waals surface area contributed by atoms with Gasteiger partial charge in [0, 0.05) is 4.90 Å². The Bertz CT molecular complexity index is 537. The molecule has 0 saturated carbocycles. The minimum atomic E-state index is -4.69. The molecule has 19 heavy (non-hydrogen) atoms. The van der Waals surface area contributed by atoms with Crippen LogP contribution in [0, 0.1) is 17.1 Å². The summed E-state index contributed by atoms with van der Waals surface area (Å²) in [6.07, 6.45) is 0. The average Bonchev–Trinajstić information content (AvgIpc) is 2.26. The van der Waals surface area contributed by atoms with Gasteiger partial charge in [0.15, 0.2) is 0 Å². The van der Waals surface area contributed by atoms with Crippen LogP contribution in [0.3, 0.4) is 0 Å². The van der Waals surface area contributed by atoms with Crippen molar-refractivity contribution in [1.82, 2.24) is 0 Å². The minimum Gasteiger partial charge on any atom is -0.462 e. The predicted octanol–water partition coefficient (Wildman–Crippen LogP) is 3.49. The van der Waals surface area contributed by atoms with Crippen molar-refractivity contribution >= 4 is 17.7 Å². The Morgan fingerprint density at radius 1 is 1.47 bits per heavy atom. The van der Waals surface area contributed by atoms with E-state index < -0.39 is 39.5 Å². The van der Waals surface area contributed by atoms with Gasteiger partial charge in [0.05, 0.1) is 12.2 Å². The fourth-order valence-electron chi connectivity index (χ4n) is 1.23. The standard InChI is InChI=1S/C11H7F4NO2S/c1-2-18-10(17)6-3-8(12)7(5-16)9(4-6)19-11(13,14)15/h3-4H,2H2,1H3. The Morgan fingerprint density at radius 2 is 2.11 bits per heavy atom. The monoisotopic (exact) mass is 293 g/mol. The molecule has 1 aromatic carbocycles. The molecule has 0 N–H and O–H groups in total. The summed E-state index contributed by atoms with van der Waals surface area (Å²) in [6, 6.07) is 2.80. The van der Waals surface area contributed by atoms with Gasteiger partial charge in [0.1, 0.15) is 17.4 Å². The number of carbonyl (C=O) groups excluding carboxylic acids is 1.